The summed E-state index contributed by atoms with van der Waals surface area (Å²) in [4.78, 5) is 10.5. The number of hydrogen-bond acceptors (Lipinski definition) is 3. The summed E-state index contributed by atoms with van der Waals surface area (Å²) < 4.78 is 0. The molecule has 0 saturated carbocycles. The molecule has 0 amide bonds. The zero-order chi connectivity index (χ0) is 9.68. The smallest absolute Gasteiger partial charge is 0.303 e. The van der Waals surface area contributed by atoms with Crippen LogP contribution < -0.4 is 11.1 Å². The minimum absolute atomic E-state index is 0.144. The van der Waals surface area contributed by atoms with Crippen LogP contribution in [0, 0.1) is 11.8 Å². The highest BCUT2D eigenvalue weighted by molar-refractivity contribution is 5.67. The Morgan fingerprint density at radius 1 is 1.69 bits per heavy atom. The fourth-order valence-electron chi connectivity index (χ4n) is 1.95. The second kappa shape index (κ2) is 5.19. The first-order valence-electron chi connectivity index (χ1n) is 4.86. The molecule has 76 valence electrons. The zero-order valence-electron chi connectivity index (χ0n) is 7.83. The summed E-state index contributed by atoms with van der Waals surface area (Å²) >= 11 is 0. The van der Waals surface area contributed by atoms with Crippen molar-refractivity contribution < 1.29 is 9.90 Å². The normalized spacial score (nSPS) is 25.5. The van der Waals surface area contributed by atoms with Crippen molar-refractivity contribution in [3.8, 4) is 0 Å². The maximum Gasteiger partial charge on any atom is 0.303 e. The molecule has 1 aliphatic heterocycles. The minimum atomic E-state index is -0.735. The molecule has 0 aromatic heterocycles. The molecule has 0 aromatic carbocycles. The van der Waals surface area contributed by atoms with Crippen molar-refractivity contribution in [1.82, 2.24) is 5.32 Å². The van der Waals surface area contributed by atoms with Crippen molar-refractivity contribution in [2.75, 3.05) is 19.6 Å². The molecule has 4 N–H and O–H groups in total. The molecule has 1 saturated heterocycles. The number of carboxylic acids is 1. The van der Waals surface area contributed by atoms with Gasteiger partial charge in [0, 0.05) is 6.42 Å². The Bertz CT molecular complexity index is 167. The van der Waals surface area contributed by atoms with E-state index in [2.05, 4.69) is 5.32 Å². The van der Waals surface area contributed by atoms with E-state index in [0.717, 1.165) is 25.9 Å². The van der Waals surface area contributed by atoms with Gasteiger partial charge in [0.15, 0.2) is 0 Å². The van der Waals surface area contributed by atoms with E-state index < -0.39 is 5.97 Å². The Morgan fingerprint density at radius 2 is 2.46 bits per heavy atom. The zero-order valence-corrected chi connectivity index (χ0v) is 7.83. The molecule has 2 atom stereocenters. The Morgan fingerprint density at radius 3 is 2.92 bits per heavy atom. The van der Waals surface area contributed by atoms with E-state index in [9.17, 15) is 4.79 Å². The van der Waals surface area contributed by atoms with Gasteiger partial charge < -0.3 is 16.2 Å². The van der Waals surface area contributed by atoms with Crippen LogP contribution in [-0.2, 0) is 4.79 Å². The molecule has 0 radical (unpaired) electrons. The van der Waals surface area contributed by atoms with Crippen LogP contribution >= 0.6 is 0 Å². The van der Waals surface area contributed by atoms with E-state index in [-0.39, 0.29) is 12.3 Å². The molecule has 1 fully saturated rings. The van der Waals surface area contributed by atoms with Gasteiger partial charge in [0.1, 0.15) is 0 Å². The van der Waals surface area contributed by atoms with Crippen molar-refractivity contribution in [3.63, 3.8) is 0 Å². The maximum absolute atomic E-state index is 10.5. The van der Waals surface area contributed by atoms with Gasteiger partial charge in [-0.25, -0.2) is 0 Å². The van der Waals surface area contributed by atoms with E-state index in [0.29, 0.717) is 12.5 Å². The van der Waals surface area contributed by atoms with Crippen LogP contribution in [0.25, 0.3) is 0 Å². The van der Waals surface area contributed by atoms with Crippen molar-refractivity contribution in [1.29, 1.82) is 0 Å². The van der Waals surface area contributed by atoms with Gasteiger partial charge >= 0.3 is 5.97 Å². The quantitative estimate of drug-likeness (QED) is 0.579. The molecule has 0 spiro atoms. The Labute approximate surface area is 78.5 Å². The summed E-state index contributed by atoms with van der Waals surface area (Å²) in [5.74, 6) is -0.138. The van der Waals surface area contributed by atoms with Crippen LogP contribution in [0.15, 0.2) is 0 Å². The average Bonchev–Trinajstić information content (AvgIpc) is 2.15. The molecule has 13 heavy (non-hydrogen) atoms. The van der Waals surface area contributed by atoms with Gasteiger partial charge in [0.25, 0.3) is 0 Å². The lowest BCUT2D eigenvalue weighted by molar-refractivity contribution is -0.138. The predicted octanol–water partition coefficient (Wildman–Crippen LogP) is 0.0356. The maximum atomic E-state index is 10.5. The first-order chi connectivity index (χ1) is 6.24. The summed E-state index contributed by atoms with van der Waals surface area (Å²) in [6, 6.07) is 0. The average molecular weight is 186 g/mol. The van der Waals surface area contributed by atoms with Gasteiger partial charge in [-0.2, -0.15) is 0 Å². The number of hydrogen-bond donors (Lipinski definition) is 3. The molecule has 4 heteroatoms. The fourth-order valence-corrected chi connectivity index (χ4v) is 1.95. The molecular formula is C9H18N2O2. The van der Waals surface area contributed by atoms with E-state index in [1.54, 1.807) is 0 Å². The SMILES string of the molecule is NCC(CC(=O)O)C1CCCNC1. The number of nitrogens with one attached hydrogen (secondary N) is 1. The molecule has 1 aliphatic rings. The fraction of sp³-hybridized carbons (Fsp3) is 0.889. The monoisotopic (exact) mass is 186 g/mol. The Kier molecular flexibility index (Phi) is 4.18. The van der Waals surface area contributed by atoms with Crippen LogP contribution in [0.2, 0.25) is 0 Å². The van der Waals surface area contributed by atoms with Crippen molar-refractivity contribution in [3.05, 3.63) is 0 Å². The first kappa shape index (κ1) is 10.5. The van der Waals surface area contributed by atoms with Crippen molar-refractivity contribution in [2.24, 2.45) is 17.6 Å². The topological polar surface area (TPSA) is 75.4 Å². The van der Waals surface area contributed by atoms with E-state index >= 15 is 0 Å². The summed E-state index contributed by atoms with van der Waals surface area (Å²) in [6.07, 6.45) is 2.46. The highest BCUT2D eigenvalue weighted by atomic mass is 16.4. The van der Waals surface area contributed by atoms with E-state index in [1.165, 1.54) is 0 Å². The molecule has 0 bridgehead atoms. The third-order valence-electron chi connectivity index (χ3n) is 2.74. The molecular weight excluding hydrogens is 168 g/mol. The van der Waals surface area contributed by atoms with Gasteiger partial charge in [-0.1, -0.05) is 0 Å². The van der Waals surface area contributed by atoms with Crippen LogP contribution in [0.5, 0.6) is 0 Å². The Hall–Kier alpha value is -0.610. The summed E-state index contributed by atoms with van der Waals surface area (Å²) in [6.45, 7) is 2.47. The lowest BCUT2D eigenvalue weighted by atomic mass is 9.84. The third kappa shape index (κ3) is 3.32. The summed E-state index contributed by atoms with van der Waals surface area (Å²) in [5, 5.41) is 11.9. The van der Waals surface area contributed by atoms with Gasteiger partial charge in [0.05, 0.1) is 0 Å². The van der Waals surface area contributed by atoms with Gasteiger partial charge in [-0.3, -0.25) is 4.79 Å². The van der Waals surface area contributed by atoms with Gasteiger partial charge in [-0.05, 0) is 44.3 Å². The van der Waals surface area contributed by atoms with Crippen molar-refractivity contribution >= 4 is 5.97 Å². The number of carbonyl (C=O) groups is 1. The molecule has 0 aromatic rings. The number of piperidine rings is 1. The van der Waals surface area contributed by atoms with Gasteiger partial charge in [-0.15, -0.1) is 0 Å². The predicted molar refractivity (Wildman–Crippen MR) is 50.4 cm³/mol. The molecule has 4 nitrogen and oxygen atoms in total. The van der Waals surface area contributed by atoms with Crippen molar-refractivity contribution in [2.45, 2.75) is 19.3 Å². The third-order valence-corrected chi connectivity index (χ3v) is 2.74. The van der Waals surface area contributed by atoms with Crippen LogP contribution in [0.3, 0.4) is 0 Å². The Balaban J connectivity index is 2.39. The molecule has 1 heterocycles. The summed E-state index contributed by atoms with van der Waals surface area (Å²) in [5.41, 5.74) is 5.56. The summed E-state index contributed by atoms with van der Waals surface area (Å²) in [7, 11) is 0. The number of carboxylic acid groups (broad SMARTS) is 1. The van der Waals surface area contributed by atoms with Crippen LogP contribution in [-0.4, -0.2) is 30.7 Å². The van der Waals surface area contributed by atoms with Crippen LogP contribution in [0.4, 0.5) is 0 Å². The molecule has 0 aliphatic carbocycles. The minimum Gasteiger partial charge on any atom is -0.481 e. The second-order valence-electron chi connectivity index (χ2n) is 3.70. The highest BCUT2D eigenvalue weighted by Crippen LogP contribution is 2.21. The first-order valence-corrected chi connectivity index (χ1v) is 4.86. The molecule has 1 rings (SSSR count). The number of nitrogens with two attached hydrogens (primary N) is 1. The van der Waals surface area contributed by atoms with Gasteiger partial charge in [0.2, 0.25) is 0 Å². The molecule has 2 unspecified atom stereocenters. The number of rotatable bonds is 4. The lowest BCUT2D eigenvalue weighted by Crippen LogP contribution is -2.37. The van der Waals surface area contributed by atoms with E-state index in [1.807, 2.05) is 0 Å². The largest absolute Gasteiger partial charge is 0.481 e. The second-order valence-corrected chi connectivity index (χ2v) is 3.70. The van der Waals surface area contributed by atoms with Crippen LogP contribution in [0.1, 0.15) is 19.3 Å². The van der Waals surface area contributed by atoms with E-state index in [4.69, 9.17) is 10.8 Å². The number of aliphatic carboxylic acids is 1. The highest BCUT2D eigenvalue weighted by Gasteiger charge is 2.24. The lowest BCUT2D eigenvalue weighted by Gasteiger charge is -2.28. The standard InChI is InChI=1S/C9H18N2O2/c10-5-8(4-9(12)13)7-2-1-3-11-6-7/h7-8,11H,1-6,10H2,(H,12,13).